The molecule has 6 nitrogen and oxygen atoms in total. The van der Waals surface area contributed by atoms with E-state index in [2.05, 4.69) is 10.2 Å². The number of nitrogens with two attached hydrogens (primary N) is 1. The third-order valence-electron chi connectivity index (χ3n) is 4.51. The van der Waals surface area contributed by atoms with Gasteiger partial charge in [-0.15, -0.1) is 22.6 Å². The van der Waals surface area contributed by atoms with Crippen molar-refractivity contribution in [3.63, 3.8) is 0 Å². The van der Waals surface area contributed by atoms with E-state index in [1.54, 1.807) is 6.92 Å². The maximum Gasteiger partial charge on any atom is 0.165 e. The lowest BCUT2D eigenvalue weighted by Crippen LogP contribution is -2.38. The van der Waals surface area contributed by atoms with Crippen molar-refractivity contribution in [3.05, 3.63) is 46.7 Å². The van der Waals surface area contributed by atoms with Crippen LogP contribution in [0.4, 0.5) is 4.39 Å². The molecule has 1 aromatic heterocycles. The minimum atomic E-state index is -0.771. The number of ether oxygens (including phenoxy) is 2. The zero-order valence-corrected chi connectivity index (χ0v) is 20.5. The van der Waals surface area contributed by atoms with E-state index in [4.69, 9.17) is 26.8 Å². The molecule has 0 aliphatic rings. The first-order valence-corrected chi connectivity index (χ1v) is 11.0. The Morgan fingerprint density at radius 1 is 1.12 bits per heavy atom. The molecular weight excluding hydrogens is 476 g/mol. The monoisotopic (exact) mass is 501 g/mol. The van der Waals surface area contributed by atoms with Gasteiger partial charge in [-0.05, 0) is 57.5 Å². The number of hydrogen-bond acceptors (Lipinski definition) is 7. The zero-order chi connectivity index (χ0) is 22.7. The van der Waals surface area contributed by atoms with Gasteiger partial charge < -0.3 is 20.3 Å². The fourth-order valence-corrected chi connectivity index (χ4v) is 3.91. The van der Waals surface area contributed by atoms with E-state index in [0.717, 1.165) is 16.9 Å². The predicted molar refractivity (Wildman–Crippen MR) is 129 cm³/mol. The minimum Gasteiger partial charge on any atom is -0.491 e. The smallest absolute Gasteiger partial charge is 0.165 e. The van der Waals surface area contributed by atoms with Crippen LogP contribution in [-0.4, -0.2) is 40.2 Å². The van der Waals surface area contributed by atoms with Gasteiger partial charge in [-0.1, -0.05) is 22.9 Å². The Balaban J connectivity index is 0.00000363. The Hall–Kier alpha value is -1.97. The molecule has 3 N–H and O–H groups in total. The van der Waals surface area contributed by atoms with Gasteiger partial charge in [0.05, 0.1) is 23.3 Å². The van der Waals surface area contributed by atoms with Crippen molar-refractivity contribution < 1.29 is 19.0 Å². The van der Waals surface area contributed by atoms with E-state index < -0.39 is 18.0 Å². The fourth-order valence-electron chi connectivity index (χ4n) is 2.75. The largest absolute Gasteiger partial charge is 0.491 e. The third kappa shape index (κ3) is 6.30. The summed E-state index contributed by atoms with van der Waals surface area (Å²) in [6, 6.07) is 7.81. The summed E-state index contributed by atoms with van der Waals surface area (Å²) in [6.45, 7) is 7.43. The molecule has 1 heterocycles. The lowest BCUT2D eigenvalue weighted by atomic mass is 10.1. The fraction of sp³-hybridized carbons (Fsp3) is 0.364. The standard InChI is InChI=1S/C22H25ClFN3O3S.ClH/c1-11(2)30-19-6-5-14(7-12(19)3)21-26-27-22(31-21)15-8-17(24)20(9-16(15)23)29-10-18(25)13(4)28;/h5-9,11,13,18,28H,10,25H2,1-4H3;1H/t13-,18+;/m1./s1. The van der Waals surface area contributed by atoms with Gasteiger partial charge in [0, 0.05) is 17.2 Å². The van der Waals surface area contributed by atoms with E-state index in [1.807, 2.05) is 39.0 Å². The Kier molecular flexibility index (Phi) is 9.24. The summed E-state index contributed by atoms with van der Waals surface area (Å²) >= 11 is 7.67. The second-order valence-electron chi connectivity index (χ2n) is 7.54. The van der Waals surface area contributed by atoms with Gasteiger partial charge in [0.25, 0.3) is 0 Å². The number of aryl methyl sites for hydroxylation is 1. The van der Waals surface area contributed by atoms with E-state index in [-0.39, 0.29) is 35.9 Å². The number of halogens is 3. The molecule has 0 aliphatic carbocycles. The number of aromatic nitrogens is 2. The first kappa shape index (κ1) is 26.3. The van der Waals surface area contributed by atoms with Crippen LogP contribution in [0.2, 0.25) is 5.02 Å². The first-order valence-electron chi connectivity index (χ1n) is 9.82. The molecule has 2 atom stereocenters. The van der Waals surface area contributed by atoms with E-state index in [1.165, 1.54) is 23.5 Å². The molecule has 3 rings (SSSR count). The molecule has 0 spiro atoms. The van der Waals surface area contributed by atoms with Gasteiger partial charge in [-0.2, -0.15) is 0 Å². The third-order valence-corrected chi connectivity index (χ3v) is 5.83. The molecule has 0 amide bonds. The molecule has 0 fully saturated rings. The molecule has 32 heavy (non-hydrogen) atoms. The average molecular weight is 502 g/mol. The van der Waals surface area contributed by atoms with Crippen LogP contribution in [0, 0.1) is 12.7 Å². The van der Waals surface area contributed by atoms with Crippen LogP contribution in [0.3, 0.4) is 0 Å². The van der Waals surface area contributed by atoms with Crippen molar-refractivity contribution in [2.24, 2.45) is 5.73 Å². The van der Waals surface area contributed by atoms with Crippen LogP contribution in [0.1, 0.15) is 26.3 Å². The van der Waals surface area contributed by atoms with Crippen LogP contribution < -0.4 is 15.2 Å². The number of aliphatic hydroxyl groups excluding tert-OH is 1. The maximum atomic E-state index is 14.6. The van der Waals surface area contributed by atoms with Crippen molar-refractivity contribution in [2.75, 3.05) is 6.61 Å². The van der Waals surface area contributed by atoms with Gasteiger partial charge in [-0.3, -0.25) is 0 Å². The molecule has 0 aliphatic heterocycles. The Bertz CT molecular complexity index is 1060. The predicted octanol–water partition coefficient (Wildman–Crippen LogP) is 5.27. The second-order valence-corrected chi connectivity index (χ2v) is 8.92. The molecule has 0 unspecified atom stereocenters. The highest BCUT2D eigenvalue weighted by atomic mass is 35.5. The number of hydrogen-bond donors (Lipinski definition) is 2. The Morgan fingerprint density at radius 2 is 1.81 bits per heavy atom. The van der Waals surface area contributed by atoms with E-state index >= 15 is 0 Å². The number of nitrogens with zero attached hydrogens (tertiary/aromatic N) is 2. The van der Waals surface area contributed by atoms with Crippen molar-refractivity contribution >= 4 is 35.3 Å². The summed E-state index contributed by atoms with van der Waals surface area (Å²) in [4.78, 5) is 0. The topological polar surface area (TPSA) is 90.5 Å². The average Bonchev–Trinajstić information content (AvgIpc) is 3.19. The van der Waals surface area contributed by atoms with Crippen molar-refractivity contribution in [3.8, 4) is 32.6 Å². The summed E-state index contributed by atoms with van der Waals surface area (Å²) in [7, 11) is 0. The number of benzene rings is 2. The van der Waals surface area contributed by atoms with Crippen molar-refractivity contribution in [1.29, 1.82) is 0 Å². The molecule has 2 aromatic carbocycles. The van der Waals surface area contributed by atoms with E-state index in [0.29, 0.717) is 15.6 Å². The highest BCUT2D eigenvalue weighted by Crippen LogP contribution is 2.37. The van der Waals surface area contributed by atoms with Crippen molar-refractivity contribution in [2.45, 2.75) is 45.9 Å². The van der Waals surface area contributed by atoms with Gasteiger partial charge in [0.2, 0.25) is 0 Å². The van der Waals surface area contributed by atoms with Gasteiger partial charge in [-0.25, -0.2) is 4.39 Å². The summed E-state index contributed by atoms with van der Waals surface area (Å²) < 4.78 is 25.7. The first-order chi connectivity index (χ1) is 14.7. The van der Waals surface area contributed by atoms with Crippen LogP contribution in [0.15, 0.2) is 30.3 Å². The van der Waals surface area contributed by atoms with Crippen LogP contribution >= 0.6 is 35.3 Å². The highest BCUT2D eigenvalue weighted by Gasteiger charge is 2.18. The quantitative estimate of drug-likeness (QED) is 0.436. The molecule has 174 valence electrons. The summed E-state index contributed by atoms with van der Waals surface area (Å²) in [6.07, 6.45) is -0.684. The lowest BCUT2D eigenvalue weighted by Gasteiger charge is -2.16. The van der Waals surface area contributed by atoms with Gasteiger partial charge >= 0.3 is 0 Å². The van der Waals surface area contributed by atoms with Crippen LogP contribution in [0.25, 0.3) is 21.1 Å². The molecule has 0 bridgehead atoms. The Labute approximate surface area is 201 Å². The summed E-state index contributed by atoms with van der Waals surface area (Å²) in [5, 5.41) is 19.3. The maximum absolute atomic E-state index is 14.6. The number of aliphatic hydroxyl groups is 1. The van der Waals surface area contributed by atoms with Gasteiger partial charge in [0.1, 0.15) is 22.4 Å². The molecule has 0 saturated heterocycles. The van der Waals surface area contributed by atoms with Crippen molar-refractivity contribution in [1.82, 2.24) is 10.2 Å². The van der Waals surface area contributed by atoms with Crippen LogP contribution in [0.5, 0.6) is 11.5 Å². The molecular formula is C22H26Cl2FN3O3S. The highest BCUT2D eigenvalue weighted by molar-refractivity contribution is 7.18. The molecule has 0 radical (unpaired) electrons. The van der Waals surface area contributed by atoms with E-state index in [9.17, 15) is 9.50 Å². The van der Waals surface area contributed by atoms with Crippen LogP contribution in [-0.2, 0) is 0 Å². The number of rotatable bonds is 8. The molecule has 0 saturated carbocycles. The lowest BCUT2D eigenvalue weighted by molar-refractivity contribution is 0.129. The SMILES string of the molecule is Cc1cc(-c2nnc(-c3cc(F)c(OC[C@H](N)[C@@H](C)O)cc3Cl)s2)ccc1OC(C)C.Cl. The summed E-state index contributed by atoms with van der Waals surface area (Å²) in [5.41, 5.74) is 8.02. The molecule has 3 aromatic rings. The summed E-state index contributed by atoms with van der Waals surface area (Å²) in [5.74, 6) is 0.186. The Morgan fingerprint density at radius 3 is 2.44 bits per heavy atom. The zero-order valence-electron chi connectivity index (χ0n) is 18.1. The minimum absolute atomic E-state index is 0. The van der Waals surface area contributed by atoms with Gasteiger partial charge in [0.15, 0.2) is 11.6 Å². The second kappa shape index (κ2) is 11.2. The molecule has 10 heteroatoms. The normalized spacial score (nSPS) is 12.9.